The quantitative estimate of drug-likeness (QED) is 0.476. The minimum Gasteiger partial charge on any atom is -0.383 e. The molecule has 2 heterocycles. The first-order valence-corrected chi connectivity index (χ1v) is 5.09. The first-order valence-electron chi connectivity index (χ1n) is 4.71. The second-order valence-corrected chi connectivity index (χ2v) is 3.78. The highest BCUT2D eigenvalue weighted by molar-refractivity contribution is 6.28. The van der Waals surface area contributed by atoms with Crippen LogP contribution < -0.4 is 5.73 Å². The number of nitrogens with zero attached hydrogens (tertiary/aromatic N) is 3. The molecular weight excluding hydrogens is 224 g/mol. The molecule has 2 aromatic heterocycles. The van der Waals surface area contributed by atoms with Gasteiger partial charge in [-0.15, -0.1) is 0 Å². The average molecular weight is 231 g/mol. The van der Waals surface area contributed by atoms with Gasteiger partial charge in [-0.25, -0.2) is 9.97 Å². The van der Waals surface area contributed by atoms with Gasteiger partial charge in [-0.05, 0) is 29.8 Å². The van der Waals surface area contributed by atoms with E-state index >= 15 is 0 Å². The largest absolute Gasteiger partial charge is 0.383 e. The van der Waals surface area contributed by atoms with E-state index in [2.05, 4.69) is 15.0 Å². The molecule has 0 aliphatic rings. The van der Waals surface area contributed by atoms with Gasteiger partial charge in [0.05, 0.1) is 11.0 Å². The Balaban J connectivity index is 2.51. The summed E-state index contributed by atoms with van der Waals surface area (Å²) in [5.74, 6) is 0.377. The summed E-state index contributed by atoms with van der Waals surface area (Å²) >= 11 is 5.76. The second-order valence-electron chi connectivity index (χ2n) is 3.44. The standard InChI is InChI=1S/C11H7ClN4/c12-11-15-9-4-6-2-1-3-14-8(6)5-7(9)10(13)16-11/h1-5H,(H2,13,15,16). The number of rotatable bonds is 0. The average Bonchev–Trinajstić information content (AvgIpc) is 2.27. The van der Waals surface area contributed by atoms with E-state index in [4.69, 9.17) is 17.3 Å². The summed E-state index contributed by atoms with van der Waals surface area (Å²) in [5.41, 5.74) is 7.39. The second kappa shape index (κ2) is 3.28. The van der Waals surface area contributed by atoms with E-state index in [1.54, 1.807) is 6.20 Å². The fourth-order valence-corrected chi connectivity index (χ4v) is 1.87. The van der Waals surface area contributed by atoms with Gasteiger partial charge < -0.3 is 5.73 Å². The fraction of sp³-hybridized carbons (Fsp3) is 0. The maximum Gasteiger partial charge on any atom is 0.224 e. The van der Waals surface area contributed by atoms with Crippen molar-refractivity contribution in [1.82, 2.24) is 15.0 Å². The molecule has 4 nitrogen and oxygen atoms in total. The minimum absolute atomic E-state index is 0.160. The van der Waals surface area contributed by atoms with Crippen LogP contribution in [0.4, 0.5) is 5.82 Å². The van der Waals surface area contributed by atoms with E-state index in [-0.39, 0.29) is 5.28 Å². The van der Waals surface area contributed by atoms with Crippen molar-refractivity contribution in [2.24, 2.45) is 0 Å². The number of hydrogen-bond donors (Lipinski definition) is 1. The molecule has 3 rings (SSSR count). The summed E-state index contributed by atoms with van der Waals surface area (Å²) in [5, 5.41) is 1.94. The summed E-state index contributed by atoms with van der Waals surface area (Å²) in [7, 11) is 0. The first kappa shape index (κ1) is 9.30. The number of aromatic nitrogens is 3. The Morgan fingerprint density at radius 2 is 2.00 bits per heavy atom. The molecule has 0 unspecified atom stereocenters. The highest BCUT2D eigenvalue weighted by Gasteiger charge is 2.05. The normalized spacial score (nSPS) is 11.1. The van der Waals surface area contributed by atoms with Crippen LogP contribution in [-0.2, 0) is 0 Å². The van der Waals surface area contributed by atoms with E-state index in [0.717, 1.165) is 21.8 Å². The number of nitrogens with two attached hydrogens (primary N) is 1. The molecule has 78 valence electrons. The minimum atomic E-state index is 0.160. The predicted octanol–water partition coefficient (Wildman–Crippen LogP) is 2.41. The van der Waals surface area contributed by atoms with E-state index in [1.807, 2.05) is 24.3 Å². The molecule has 5 heteroatoms. The topological polar surface area (TPSA) is 64.7 Å². The van der Waals surface area contributed by atoms with Crippen molar-refractivity contribution in [3.05, 3.63) is 35.7 Å². The lowest BCUT2D eigenvalue weighted by Gasteiger charge is -2.03. The van der Waals surface area contributed by atoms with Gasteiger partial charge in [0, 0.05) is 17.0 Å². The molecule has 2 N–H and O–H groups in total. The van der Waals surface area contributed by atoms with Crippen LogP contribution in [0.15, 0.2) is 30.5 Å². The van der Waals surface area contributed by atoms with Crippen LogP contribution in [0, 0.1) is 0 Å². The van der Waals surface area contributed by atoms with E-state index < -0.39 is 0 Å². The van der Waals surface area contributed by atoms with Crippen molar-refractivity contribution in [3.8, 4) is 0 Å². The molecule has 0 saturated heterocycles. The Morgan fingerprint density at radius 3 is 2.88 bits per heavy atom. The molecule has 0 radical (unpaired) electrons. The smallest absolute Gasteiger partial charge is 0.224 e. The lowest BCUT2D eigenvalue weighted by Crippen LogP contribution is -1.95. The van der Waals surface area contributed by atoms with Crippen LogP contribution in [0.25, 0.3) is 21.8 Å². The Hall–Kier alpha value is -1.94. The number of pyridine rings is 1. The summed E-state index contributed by atoms with van der Waals surface area (Å²) < 4.78 is 0. The SMILES string of the molecule is Nc1nc(Cl)nc2cc3cccnc3cc12. The van der Waals surface area contributed by atoms with Gasteiger partial charge >= 0.3 is 0 Å². The summed E-state index contributed by atoms with van der Waals surface area (Å²) in [6.45, 7) is 0. The van der Waals surface area contributed by atoms with Gasteiger partial charge in [-0.3, -0.25) is 4.98 Å². The maximum atomic E-state index is 5.78. The predicted molar refractivity (Wildman–Crippen MR) is 64.3 cm³/mol. The van der Waals surface area contributed by atoms with Gasteiger partial charge in [-0.1, -0.05) is 6.07 Å². The molecule has 0 fully saturated rings. The van der Waals surface area contributed by atoms with Crippen molar-refractivity contribution >= 4 is 39.2 Å². The van der Waals surface area contributed by atoms with E-state index in [1.165, 1.54) is 0 Å². The number of anilines is 1. The third-order valence-electron chi connectivity index (χ3n) is 2.42. The molecule has 0 bridgehead atoms. The number of halogens is 1. The van der Waals surface area contributed by atoms with Crippen molar-refractivity contribution < 1.29 is 0 Å². The molecule has 0 atom stereocenters. The third-order valence-corrected chi connectivity index (χ3v) is 2.59. The molecular formula is C11H7ClN4. The van der Waals surface area contributed by atoms with Crippen LogP contribution in [0.2, 0.25) is 5.28 Å². The van der Waals surface area contributed by atoms with Gasteiger partial charge in [0.25, 0.3) is 0 Å². The zero-order chi connectivity index (χ0) is 11.1. The molecule has 16 heavy (non-hydrogen) atoms. The highest BCUT2D eigenvalue weighted by Crippen LogP contribution is 2.24. The Morgan fingerprint density at radius 1 is 1.12 bits per heavy atom. The van der Waals surface area contributed by atoms with E-state index in [9.17, 15) is 0 Å². The monoisotopic (exact) mass is 230 g/mol. The summed E-state index contributed by atoms with van der Waals surface area (Å²) in [6.07, 6.45) is 1.74. The molecule has 0 aliphatic heterocycles. The number of fused-ring (bicyclic) bond motifs is 2. The zero-order valence-electron chi connectivity index (χ0n) is 8.18. The van der Waals surface area contributed by atoms with Crippen molar-refractivity contribution in [3.63, 3.8) is 0 Å². The van der Waals surface area contributed by atoms with Crippen LogP contribution in [0.1, 0.15) is 0 Å². The van der Waals surface area contributed by atoms with Crippen LogP contribution >= 0.6 is 11.6 Å². The van der Waals surface area contributed by atoms with Gasteiger partial charge in [0.1, 0.15) is 5.82 Å². The summed E-state index contributed by atoms with van der Waals surface area (Å²) in [6, 6.07) is 7.62. The Bertz CT molecular complexity index is 696. The van der Waals surface area contributed by atoms with Crippen molar-refractivity contribution in [2.45, 2.75) is 0 Å². The van der Waals surface area contributed by atoms with E-state index in [0.29, 0.717) is 5.82 Å². The number of nitrogen functional groups attached to an aromatic ring is 1. The third kappa shape index (κ3) is 1.35. The van der Waals surface area contributed by atoms with Gasteiger partial charge in [0.2, 0.25) is 5.28 Å². The highest BCUT2D eigenvalue weighted by atomic mass is 35.5. The van der Waals surface area contributed by atoms with Gasteiger partial charge in [0.15, 0.2) is 0 Å². The Labute approximate surface area is 96.1 Å². The zero-order valence-corrected chi connectivity index (χ0v) is 8.94. The molecule has 1 aromatic carbocycles. The molecule has 0 amide bonds. The lowest BCUT2D eigenvalue weighted by molar-refractivity contribution is 1.23. The van der Waals surface area contributed by atoms with Crippen LogP contribution in [0.3, 0.4) is 0 Å². The van der Waals surface area contributed by atoms with Crippen LogP contribution in [0.5, 0.6) is 0 Å². The molecule has 0 aliphatic carbocycles. The maximum absolute atomic E-state index is 5.78. The lowest BCUT2D eigenvalue weighted by atomic mass is 10.1. The first-order chi connectivity index (χ1) is 7.74. The van der Waals surface area contributed by atoms with Crippen molar-refractivity contribution in [1.29, 1.82) is 0 Å². The number of hydrogen-bond acceptors (Lipinski definition) is 4. The molecule has 0 saturated carbocycles. The van der Waals surface area contributed by atoms with Crippen molar-refractivity contribution in [2.75, 3.05) is 5.73 Å². The molecule has 0 spiro atoms. The van der Waals surface area contributed by atoms with Crippen LogP contribution in [-0.4, -0.2) is 15.0 Å². The molecule has 3 aromatic rings. The Kier molecular flexibility index (Phi) is 1.91. The number of benzene rings is 1. The summed E-state index contributed by atoms with van der Waals surface area (Å²) in [4.78, 5) is 12.3. The fourth-order valence-electron chi connectivity index (χ4n) is 1.69. The van der Waals surface area contributed by atoms with Gasteiger partial charge in [-0.2, -0.15) is 0 Å².